The average Bonchev–Trinajstić information content (AvgIpc) is 2.91. The van der Waals surface area contributed by atoms with Crippen LogP contribution < -0.4 is 10.6 Å². The van der Waals surface area contributed by atoms with Gasteiger partial charge >= 0.3 is 0 Å². The highest BCUT2D eigenvalue weighted by Crippen LogP contribution is 2.25. The van der Waals surface area contributed by atoms with E-state index in [1.165, 1.54) is 12.8 Å². The molecule has 4 nitrogen and oxygen atoms in total. The van der Waals surface area contributed by atoms with Crippen LogP contribution in [0.3, 0.4) is 0 Å². The first kappa shape index (κ1) is 12.4. The molecule has 0 saturated carbocycles. The van der Waals surface area contributed by atoms with Crippen molar-refractivity contribution in [3.05, 3.63) is 29.8 Å². The maximum absolute atomic E-state index is 9.91. The number of anilines is 1. The minimum Gasteiger partial charge on any atom is -0.389 e. The maximum atomic E-state index is 9.91. The zero-order valence-corrected chi connectivity index (χ0v) is 9.92. The molecule has 2 unspecified atom stereocenters. The van der Waals surface area contributed by atoms with Crippen LogP contribution in [0.4, 0.5) is 5.69 Å². The number of aliphatic hydroxyl groups excluding tert-OH is 2. The van der Waals surface area contributed by atoms with E-state index in [-0.39, 0.29) is 6.54 Å². The Bertz CT molecular complexity index is 364. The number of benzene rings is 1. The smallest absolute Gasteiger partial charge is 0.106 e. The van der Waals surface area contributed by atoms with Crippen molar-refractivity contribution in [1.82, 2.24) is 0 Å². The molecule has 1 aromatic rings. The number of nitrogens with two attached hydrogens (primary N) is 1. The number of hydrogen-bond donors (Lipinski definition) is 3. The third kappa shape index (κ3) is 2.77. The molecule has 1 saturated heterocycles. The van der Waals surface area contributed by atoms with Crippen molar-refractivity contribution in [3.8, 4) is 0 Å². The zero-order chi connectivity index (χ0) is 12.3. The fourth-order valence-electron chi connectivity index (χ4n) is 2.23. The largest absolute Gasteiger partial charge is 0.389 e. The molecule has 17 heavy (non-hydrogen) atoms. The van der Waals surface area contributed by atoms with E-state index in [1.54, 1.807) is 0 Å². The zero-order valence-electron chi connectivity index (χ0n) is 9.92. The average molecular weight is 236 g/mol. The van der Waals surface area contributed by atoms with Crippen molar-refractivity contribution in [2.45, 2.75) is 25.0 Å². The SMILES string of the molecule is NCC(O)C(O)c1cccc(N2CCCC2)c1. The van der Waals surface area contributed by atoms with Crippen LogP contribution in [0.1, 0.15) is 24.5 Å². The van der Waals surface area contributed by atoms with Crippen LogP contribution in [-0.2, 0) is 0 Å². The molecular formula is C13H20N2O2. The van der Waals surface area contributed by atoms with Gasteiger partial charge in [-0.1, -0.05) is 12.1 Å². The third-order valence-corrected chi connectivity index (χ3v) is 3.29. The molecule has 94 valence electrons. The molecule has 1 heterocycles. The van der Waals surface area contributed by atoms with Crippen molar-refractivity contribution in [1.29, 1.82) is 0 Å². The Hall–Kier alpha value is -1.10. The molecule has 0 amide bonds. The molecule has 4 heteroatoms. The third-order valence-electron chi connectivity index (χ3n) is 3.29. The van der Waals surface area contributed by atoms with Crippen LogP contribution >= 0.6 is 0 Å². The number of nitrogens with zero attached hydrogens (tertiary/aromatic N) is 1. The van der Waals surface area contributed by atoms with Crippen molar-refractivity contribution < 1.29 is 10.2 Å². The first-order valence-corrected chi connectivity index (χ1v) is 6.13. The molecule has 2 rings (SSSR count). The number of aliphatic hydroxyl groups is 2. The number of rotatable bonds is 4. The van der Waals surface area contributed by atoms with Crippen molar-refractivity contribution in [2.75, 3.05) is 24.5 Å². The van der Waals surface area contributed by atoms with E-state index in [0.29, 0.717) is 0 Å². The fourth-order valence-corrected chi connectivity index (χ4v) is 2.23. The summed E-state index contributed by atoms with van der Waals surface area (Å²) in [6, 6.07) is 7.71. The van der Waals surface area contributed by atoms with Gasteiger partial charge in [0.25, 0.3) is 0 Å². The van der Waals surface area contributed by atoms with Crippen LogP contribution in [0.5, 0.6) is 0 Å². The molecule has 1 aromatic carbocycles. The standard InChI is InChI=1S/C13H20N2O2/c14-9-12(16)13(17)10-4-3-5-11(8-10)15-6-1-2-7-15/h3-5,8,12-13,16-17H,1-2,6-7,9,14H2. The quantitative estimate of drug-likeness (QED) is 0.717. The van der Waals surface area contributed by atoms with E-state index < -0.39 is 12.2 Å². The summed E-state index contributed by atoms with van der Waals surface area (Å²) < 4.78 is 0. The van der Waals surface area contributed by atoms with Gasteiger partial charge in [-0.3, -0.25) is 0 Å². The van der Waals surface area contributed by atoms with Gasteiger partial charge in [0.05, 0.1) is 6.10 Å². The highest BCUT2D eigenvalue weighted by Gasteiger charge is 2.18. The molecule has 1 aliphatic rings. The first-order chi connectivity index (χ1) is 8.22. The van der Waals surface area contributed by atoms with Gasteiger partial charge in [0, 0.05) is 25.3 Å². The lowest BCUT2D eigenvalue weighted by Gasteiger charge is -2.21. The van der Waals surface area contributed by atoms with Crippen LogP contribution in [-0.4, -0.2) is 36.0 Å². The Morgan fingerprint density at radius 3 is 2.59 bits per heavy atom. The van der Waals surface area contributed by atoms with Crippen LogP contribution in [0.2, 0.25) is 0 Å². The van der Waals surface area contributed by atoms with Gasteiger partial charge in [-0.15, -0.1) is 0 Å². The second kappa shape index (κ2) is 5.49. The van der Waals surface area contributed by atoms with Crippen molar-refractivity contribution in [3.63, 3.8) is 0 Å². The Kier molecular flexibility index (Phi) is 3.99. The van der Waals surface area contributed by atoms with E-state index >= 15 is 0 Å². The normalized spacial score (nSPS) is 19.4. The minimum atomic E-state index is -0.900. The number of hydrogen-bond acceptors (Lipinski definition) is 4. The highest BCUT2D eigenvalue weighted by atomic mass is 16.3. The van der Waals surface area contributed by atoms with Gasteiger partial charge < -0.3 is 20.8 Å². The van der Waals surface area contributed by atoms with Gasteiger partial charge in [0.1, 0.15) is 6.10 Å². The maximum Gasteiger partial charge on any atom is 0.106 e. The first-order valence-electron chi connectivity index (χ1n) is 6.13. The van der Waals surface area contributed by atoms with Crippen LogP contribution in [0, 0.1) is 0 Å². The minimum absolute atomic E-state index is 0.0646. The summed E-state index contributed by atoms with van der Waals surface area (Å²) in [5.74, 6) is 0. The summed E-state index contributed by atoms with van der Waals surface area (Å²) in [4.78, 5) is 2.30. The van der Waals surface area contributed by atoms with Gasteiger partial charge in [0.15, 0.2) is 0 Å². The molecule has 4 N–H and O–H groups in total. The summed E-state index contributed by atoms with van der Waals surface area (Å²) in [5, 5.41) is 19.5. The van der Waals surface area contributed by atoms with E-state index in [4.69, 9.17) is 5.73 Å². The van der Waals surface area contributed by atoms with Gasteiger partial charge in [-0.05, 0) is 30.5 Å². The van der Waals surface area contributed by atoms with Crippen molar-refractivity contribution >= 4 is 5.69 Å². The predicted molar refractivity (Wildman–Crippen MR) is 67.9 cm³/mol. The monoisotopic (exact) mass is 236 g/mol. The van der Waals surface area contributed by atoms with Gasteiger partial charge in [-0.25, -0.2) is 0 Å². The van der Waals surface area contributed by atoms with Gasteiger partial charge in [0.2, 0.25) is 0 Å². The Morgan fingerprint density at radius 1 is 1.24 bits per heavy atom. The second-order valence-corrected chi connectivity index (χ2v) is 4.54. The van der Waals surface area contributed by atoms with E-state index in [9.17, 15) is 10.2 Å². The van der Waals surface area contributed by atoms with E-state index in [0.717, 1.165) is 24.3 Å². The lowest BCUT2D eigenvalue weighted by molar-refractivity contribution is 0.0244. The summed E-state index contributed by atoms with van der Waals surface area (Å²) in [7, 11) is 0. The molecule has 0 spiro atoms. The molecule has 1 fully saturated rings. The molecule has 0 bridgehead atoms. The topological polar surface area (TPSA) is 69.7 Å². The van der Waals surface area contributed by atoms with E-state index in [2.05, 4.69) is 4.90 Å². The molecule has 2 atom stereocenters. The summed E-state index contributed by atoms with van der Waals surface area (Å²) in [6.45, 7) is 2.20. The Balaban J connectivity index is 2.15. The highest BCUT2D eigenvalue weighted by molar-refractivity contribution is 5.49. The fraction of sp³-hybridized carbons (Fsp3) is 0.538. The lowest BCUT2D eigenvalue weighted by Crippen LogP contribution is -2.27. The van der Waals surface area contributed by atoms with Gasteiger partial charge in [-0.2, -0.15) is 0 Å². The second-order valence-electron chi connectivity index (χ2n) is 4.54. The Morgan fingerprint density at radius 2 is 1.94 bits per heavy atom. The molecular weight excluding hydrogens is 216 g/mol. The summed E-state index contributed by atoms with van der Waals surface area (Å²) >= 11 is 0. The molecule has 1 aliphatic heterocycles. The Labute approximate surface area is 102 Å². The van der Waals surface area contributed by atoms with Crippen molar-refractivity contribution in [2.24, 2.45) is 5.73 Å². The molecule has 0 aliphatic carbocycles. The van der Waals surface area contributed by atoms with Crippen LogP contribution in [0.15, 0.2) is 24.3 Å². The summed E-state index contributed by atoms with van der Waals surface area (Å²) in [5.41, 5.74) is 7.19. The molecule has 0 radical (unpaired) electrons. The van der Waals surface area contributed by atoms with E-state index in [1.807, 2.05) is 24.3 Å². The summed E-state index contributed by atoms with van der Waals surface area (Å²) in [6.07, 6.45) is 0.641. The predicted octanol–water partition coefficient (Wildman–Crippen LogP) is 0.640. The molecule has 0 aromatic heterocycles. The lowest BCUT2D eigenvalue weighted by atomic mass is 10.0. The van der Waals surface area contributed by atoms with Crippen LogP contribution in [0.25, 0.3) is 0 Å².